The third-order valence-electron chi connectivity index (χ3n) is 3.95. The van der Waals surface area contributed by atoms with Crippen LogP contribution in [0.25, 0.3) is 0 Å². The van der Waals surface area contributed by atoms with Crippen LogP contribution in [0, 0.1) is 10.1 Å². The van der Waals surface area contributed by atoms with Gasteiger partial charge in [-0.05, 0) is 41.8 Å². The average Bonchev–Trinajstić information content (AvgIpc) is 2.64. The molecular formula is C20H15ClN2O4. The summed E-state index contributed by atoms with van der Waals surface area (Å²) in [5.74, 6) is -0.517. The Labute approximate surface area is 160 Å². The highest BCUT2D eigenvalue weighted by Gasteiger charge is 2.19. The molecule has 0 spiro atoms. The maximum absolute atomic E-state index is 11.3. The highest BCUT2D eigenvalue weighted by molar-refractivity contribution is 6.31. The first kappa shape index (κ1) is 18.4. The van der Waals surface area contributed by atoms with Gasteiger partial charge >= 0.3 is 5.69 Å². The average molecular weight is 383 g/mol. The van der Waals surface area contributed by atoms with Crippen molar-refractivity contribution >= 4 is 29.2 Å². The maximum atomic E-state index is 11.3. The lowest BCUT2D eigenvalue weighted by atomic mass is 10.0. The number of halogens is 1. The SMILES string of the molecule is O=[N+]([O-])c1cc(Cc2ccccc2Cl)cc(C=Nc2ccccc2O)c1O. The molecule has 0 amide bonds. The van der Waals surface area contributed by atoms with Crippen LogP contribution in [0.5, 0.6) is 11.5 Å². The Hall–Kier alpha value is -3.38. The van der Waals surface area contributed by atoms with Crippen LogP contribution in [0.2, 0.25) is 5.02 Å². The van der Waals surface area contributed by atoms with Crippen LogP contribution in [0.3, 0.4) is 0 Å². The molecular weight excluding hydrogens is 368 g/mol. The molecule has 6 nitrogen and oxygen atoms in total. The van der Waals surface area contributed by atoms with E-state index >= 15 is 0 Å². The minimum absolute atomic E-state index is 0.0324. The van der Waals surface area contributed by atoms with E-state index < -0.39 is 16.4 Å². The van der Waals surface area contributed by atoms with Gasteiger partial charge in [-0.25, -0.2) is 0 Å². The van der Waals surface area contributed by atoms with Gasteiger partial charge < -0.3 is 10.2 Å². The first-order chi connectivity index (χ1) is 13.0. The first-order valence-corrected chi connectivity index (χ1v) is 8.39. The molecule has 0 heterocycles. The van der Waals surface area contributed by atoms with Crippen molar-refractivity contribution in [2.75, 3.05) is 0 Å². The van der Waals surface area contributed by atoms with E-state index in [1.165, 1.54) is 18.3 Å². The second kappa shape index (κ2) is 7.88. The molecule has 0 aliphatic carbocycles. The van der Waals surface area contributed by atoms with Gasteiger partial charge in [0.25, 0.3) is 0 Å². The number of hydrogen-bond acceptors (Lipinski definition) is 5. The topological polar surface area (TPSA) is 96.0 Å². The van der Waals surface area contributed by atoms with Gasteiger partial charge in [0, 0.05) is 22.9 Å². The molecule has 7 heteroatoms. The third kappa shape index (κ3) is 4.24. The van der Waals surface area contributed by atoms with E-state index in [1.807, 2.05) is 12.1 Å². The van der Waals surface area contributed by atoms with E-state index in [2.05, 4.69) is 4.99 Å². The van der Waals surface area contributed by atoms with Crippen LogP contribution in [0.15, 0.2) is 65.7 Å². The Morgan fingerprint density at radius 3 is 2.48 bits per heavy atom. The highest BCUT2D eigenvalue weighted by atomic mass is 35.5. The predicted octanol–water partition coefficient (Wildman–Crippen LogP) is 5.00. The number of nitrogens with zero attached hydrogens (tertiary/aromatic N) is 2. The predicted molar refractivity (Wildman–Crippen MR) is 104 cm³/mol. The van der Waals surface area contributed by atoms with Crippen molar-refractivity contribution in [2.45, 2.75) is 6.42 Å². The zero-order valence-electron chi connectivity index (χ0n) is 14.0. The molecule has 0 bridgehead atoms. The smallest absolute Gasteiger partial charge is 0.311 e. The number of phenolic OH excluding ortho intramolecular Hbond substituents is 2. The molecule has 0 fully saturated rings. The third-order valence-corrected chi connectivity index (χ3v) is 4.32. The van der Waals surface area contributed by atoms with E-state index in [9.17, 15) is 20.3 Å². The molecule has 27 heavy (non-hydrogen) atoms. The number of nitro benzene ring substituents is 1. The van der Waals surface area contributed by atoms with Gasteiger partial charge in [0.1, 0.15) is 11.4 Å². The molecule has 2 N–H and O–H groups in total. The van der Waals surface area contributed by atoms with Crippen LogP contribution >= 0.6 is 11.6 Å². The number of phenols is 2. The van der Waals surface area contributed by atoms with Crippen LogP contribution in [-0.4, -0.2) is 21.4 Å². The number of para-hydroxylation sites is 2. The van der Waals surface area contributed by atoms with Crippen LogP contribution in [0.4, 0.5) is 11.4 Å². The number of nitro groups is 1. The standard InChI is InChI=1S/C20H15ClN2O4/c21-16-6-2-1-5-14(16)9-13-10-15(20(25)18(11-13)23(26)27)12-22-17-7-3-4-8-19(17)24/h1-8,10-12,24-25H,9H2. The van der Waals surface area contributed by atoms with Crippen LogP contribution < -0.4 is 0 Å². The fourth-order valence-corrected chi connectivity index (χ4v) is 2.82. The second-order valence-electron chi connectivity index (χ2n) is 5.82. The van der Waals surface area contributed by atoms with Crippen molar-refractivity contribution in [3.05, 3.63) is 92.5 Å². The molecule has 0 atom stereocenters. The van der Waals surface area contributed by atoms with Gasteiger partial charge in [0.2, 0.25) is 5.75 Å². The van der Waals surface area contributed by atoms with Crippen LogP contribution in [0.1, 0.15) is 16.7 Å². The summed E-state index contributed by atoms with van der Waals surface area (Å²) in [6.07, 6.45) is 1.64. The molecule has 0 saturated heterocycles. The zero-order valence-corrected chi connectivity index (χ0v) is 14.8. The van der Waals surface area contributed by atoms with Crippen molar-refractivity contribution in [1.29, 1.82) is 0 Å². The summed E-state index contributed by atoms with van der Waals surface area (Å²) < 4.78 is 0. The summed E-state index contributed by atoms with van der Waals surface area (Å²) in [4.78, 5) is 14.8. The van der Waals surface area contributed by atoms with Crippen molar-refractivity contribution in [2.24, 2.45) is 4.99 Å². The van der Waals surface area contributed by atoms with Gasteiger partial charge in [0.15, 0.2) is 0 Å². The summed E-state index contributed by atoms with van der Waals surface area (Å²) in [6.45, 7) is 0. The van der Waals surface area contributed by atoms with E-state index in [4.69, 9.17) is 11.6 Å². The van der Waals surface area contributed by atoms with Crippen molar-refractivity contribution in [3.8, 4) is 11.5 Å². The van der Waals surface area contributed by atoms with Gasteiger partial charge in [-0.2, -0.15) is 0 Å². The van der Waals surface area contributed by atoms with Gasteiger partial charge in [-0.1, -0.05) is 41.9 Å². The number of aromatic hydroxyl groups is 2. The van der Waals surface area contributed by atoms with Gasteiger partial charge in [-0.15, -0.1) is 0 Å². The summed E-state index contributed by atoms with van der Waals surface area (Å²) in [7, 11) is 0. The fraction of sp³-hybridized carbons (Fsp3) is 0.0500. The Bertz CT molecular complexity index is 1030. The summed E-state index contributed by atoms with van der Waals surface area (Å²) in [6, 6.07) is 16.5. The van der Waals surface area contributed by atoms with Crippen molar-refractivity contribution in [1.82, 2.24) is 0 Å². The molecule has 0 radical (unpaired) electrons. The zero-order chi connectivity index (χ0) is 19.4. The van der Waals surface area contributed by atoms with Crippen LogP contribution in [-0.2, 0) is 6.42 Å². The number of hydrogen-bond donors (Lipinski definition) is 2. The summed E-state index contributed by atoms with van der Waals surface area (Å²) in [5.41, 5.74) is 1.46. The summed E-state index contributed by atoms with van der Waals surface area (Å²) in [5, 5.41) is 31.9. The lowest BCUT2D eigenvalue weighted by Gasteiger charge is -2.08. The van der Waals surface area contributed by atoms with Crippen molar-refractivity contribution < 1.29 is 15.1 Å². The van der Waals surface area contributed by atoms with E-state index in [0.29, 0.717) is 17.0 Å². The van der Waals surface area contributed by atoms with E-state index in [1.54, 1.807) is 36.4 Å². The molecule has 0 aromatic heterocycles. The van der Waals surface area contributed by atoms with Gasteiger partial charge in [0.05, 0.1) is 4.92 Å². The Kier molecular flexibility index (Phi) is 5.38. The molecule has 0 aliphatic heterocycles. The molecule has 3 aromatic carbocycles. The highest BCUT2D eigenvalue weighted by Crippen LogP contribution is 2.33. The largest absolute Gasteiger partial charge is 0.506 e. The molecule has 0 aliphatic rings. The lowest BCUT2D eigenvalue weighted by molar-refractivity contribution is -0.385. The molecule has 0 unspecified atom stereocenters. The molecule has 136 valence electrons. The lowest BCUT2D eigenvalue weighted by Crippen LogP contribution is -1.97. The van der Waals surface area contributed by atoms with E-state index in [0.717, 1.165) is 5.56 Å². The fourth-order valence-electron chi connectivity index (χ4n) is 2.62. The first-order valence-electron chi connectivity index (χ1n) is 8.01. The number of rotatable bonds is 5. The number of benzene rings is 3. The summed E-state index contributed by atoms with van der Waals surface area (Å²) >= 11 is 6.17. The second-order valence-corrected chi connectivity index (χ2v) is 6.23. The Balaban J connectivity index is 2.02. The number of aliphatic imine (C=N–C) groups is 1. The minimum atomic E-state index is -0.650. The monoisotopic (exact) mass is 382 g/mol. The molecule has 0 saturated carbocycles. The Morgan fingerprint density at radius 1 is 1.07 bits per heavy atom. The quantitative estimate of drug-likeness (QED) is 0.368. The molecule has 3 aromatic rings. The van der Waals surface area contributed by atoms with Crippen molar-refractivity contribution in [3.63, 3.8) is 0 Å². The Morgan fingerprint density at radius 2 is 1.78 bits per heavy atom. The molecule has 3 rings (SSSR count). The van der Waals surface area contributed by atoms with E-state index in [-0.39, 0.29) is 17.0 Å². The normalized spacial score (nSPS) is 11.0. The minimum Gasteiger partial charge on any atom is -0.506 e. The van der Waals surface area contributed by atoms with Gasteiger partial charge in [-0.3, -0.25) is 15.1 Å². The maximum Gasteiger partial charge on any atom is 0.311 e.